The second kappa shape index (κ2) is 2.21. The summed E-state index contributed by atoms with van der Waals surface area (Å²) in [7, 11) is 0. The van der Waals surface area contributed by atoms with Crippen LogP contribution in [0, 0.1) is 11.3 Å². The van der Waals surface area contributed by atoms with Crippen molar-refractivity contribution in [2.45, 2.75) is 19.3 Å². The topological polar surface area (TPSA) is 49.3 Å². The summed E-state index contributed by atoms with van der Waals surface area (Å²) in [5, 5.41) is 12.0. The van der Waals surface area contributed by atoms with Crippen LogP contribution in [-0.2, 0) is 4.79 Å². The van der Waals surface area contributed by atoms with Gasteiger partial charge in [-0.1, -0.05) is 0 Å². The fourth-order valence-electron chi connectivity index (χ4n) is 2.17. The van der Waals surface area contributed by atoms with E-state index in [0.29, 0.717) is 0 Å². The van der Waals surface area contributed by atoms with E-state index in [1.54, 1.807) is 0 Å². The zero-order chi connectivity index (χ0) is 7.90. The lowest BCUT2D eigenvalue weighted by Gasteiger charge is -2.22. The van der Waals surface area contributed by atoms with Crippen LogP contribution in [0.5, 0.6) is 0 Å². The molecule has 3 heteroatoms. The highest BCUT2D eigenvalue weighted by Gasteiger charge is 2.57. The molecule has 1 spiro atoms. The second-order valence-electron chi connectivity index (χ2n) is 3.71. The molecule has 1 heterocycles. The molecule has 1 saturated heterocycles. The number of carbonyl (C=O) groups is 1. The Morgan fingerprint density at radius 2 is 2.09 bits per heavy atom. The van der Waals surface area contributed by atoms with Gasteiger partial charge in [0.2, 0.25) is 0 Å². The van der Waals surface area contributed by atoms with Crippen molar-refractivity contribution >= 4 is 5.97 Å². The smallest absolute Gasteiger partial charge is 0.307 e. The van der Waals surface area contributed by atoms with Crippen LogP contribution >= 0.6 is 0 Å². The summed E-state index contributed by atoms with van der Waals surface area (Å²) in [6, 6.07) is 0. The van der Waals surface area contributed by atoms with Gasteiger partial charge in [-0.15, -0.1) is 0 Å². The Morgan fingerprint density at radius 1 is 1.45 bits per heavy atom. The fourth-order valence-corrected chi connectivity index (χ4v) is 2.17. The molecule has 0 aromatic carbocycles. The van der Waals surface area contributed by atoms with E-state index in [-0.39, 0.29) is 11.3 Å². The van der Waals surface area contributed by atoms with Gasteiger partial charge in [0.15, 0.2) is 0 Å². The molecule has 11 heavy (non-hydrogen) atoms. The van der Waals surface area contributed by atoms with Crippen LogP contribution in [0.3, 0.4) is 0 Å². The lowest BCUT2D eigenvalue weighted by atomic mass is 9.92. The van der Waals surface area contributed by atoms with Crippen LogP contribution in [0.1, 0.15) is 19.3 Å². The molecule has 1 saturated carbocycles. The second-order valence-corrected chi connectivity index (χ2v) is 3.71. The predicted molar refractivity (Wildman–Crippen MR) is 40.3 cm³/mol. The van der Waals surface area contributed by atoms with Crippen molar-refractivity contribution in [2.75, 3.05) is 13.1 Å². The van der Waals surface area contributed by atoms with Crippen molar-refractivity contribution in [3.8, 4) is 0 Å². The zero-order valence-electron chi connectivity index (χ0n) is 6.47. The van der Waals surface area contributed by atoms with Gasteiger partial charge in [0.25, 0.3) is 0 Å². The summed E-state index contributed by atoms with van der Waals surface area (Å²) in [4.78, 5) is 10.6. The summed E-state index contributed by atoms with van der Waals surface area (Å²) < 4.78 is 0. The number of nitrogens with one attached hydrogen (secondary N) is 1. The molecule has 62 valence electrons. The molecule has 0 amide bonds. The third kappa shape index (κ3) is 1.03. The molecule has 0 radical (unpaired) electrons. The number of carboxylic acid groups (broad SMARTS) is 1. The highest BCUT2D eigenvalue weighted by molar-refractivity contribution is 5.74. The third-order valence-corrected chi connectivity index (χ3v) is 3.09. The van der Waals surface area contributed by atoms with Crippen LogP contribution in [0.2, 0.25) is 0 Å². The van der Waals surface area contributed by atoms with Crippen LogP contribution in [-0.4, -0.2) is 24.2 Å². The molecule has 1 atom stereocenters. The SMILES string of the molecule is O=C(O)[C@@H]1CC12CCNCC2. The molecular formula is C8H13NO2. The number of hydrogen-bond donors (Lipinski definition) is 2. The third-order valence-electron chi connectivity index (χ3n) is 3.09. The van der Waals surface area contributed by atoms with E-state index < -0.39 is 5.97 Å². The number of aliphatic carboxylic acids is 1. The summed E-state index contributed by atoms with van der Waals surface area (Å²) in [6.07, 6.45) is 3.04. The molecule has 1 aliphatic heterocycles. The van der Waals surface area contributed by atoms with Gasteiger partial charge in [0, 0.05) is 0 Å². The van der Waals surface area contributed by atoms with Gasteiger partial charge >= 0.3 is 5.97 Å². The summed E-state index contributed by atoms with van der Waals surface area (Å²) in [6.45, 7) is 2.01. The number of piperidine rings is 1. The van der Waals surface area contributed by atoms with Gasteiger partial charge in [-0.2, -0.15) is 0 Å². The first kappa shape index (κ1) is 7.10. The van der Waals surface area contributed by atoms with Gasteiger partial charge in [-0.3, -0.25) is 4.79 Å². The quantitative estimate of drug-likeness (QED) is 0.578. The maximum atomic E-state index is 10.6. The fraction of sp³-hybridized carbons (Fsp3) is 0.875. The van der Waals surface area contributed by atoms with Gasteiger partial charge in [-0.05, 0) is 37.8 Å². The molecule has 2 aliphatic rings. The predicted octanol–water partition coefficient (Wildman–Crippen LogP) is 0.461. The molecule has 0 unspecified atom stereocenters. The number of carboxylic acids is 1. The Balaban J connectivity index is 1.99. The Kier molecular flexibility index (Phi) is 1.42. The normalized spacial score (nSPS) is 33.6. The van der Waals surface area contributed by atoms with Gasteiger partial charge in [0.1, 0.15) is 0 Å². The van der Waals surface area contributed by atoms with E-state index in [1.807, 2.05) is 0 Å². The van der Waals surface area contributed by atoms with Crippen LogP contribution in [0.15, 0.2) is 0 Å². The molecule has 2 fully saturated rings. The number of hydrogen-bond acceptors (Lipinski definition) is 2. The Labute approximate surface area is 65.8 Å². The highest BCUT2D eigenvalue weighted by Crippen LogP contribution is 2.58. The Bertz CT molecular complexity index is 185. The first-order valence-corrected chi connectivity index (χ1v) is 4.18. The molecule has 2 N–H and O–H groups in total. The summed E-state index contributed by atoms with van der Waals surface area (Å²) in [5.74, 6) is -0.614. The molecule has 0 aromatic rings. The average Bonchev–Trinajstić information content (AvgIpc) is 2.66. The number of rotatable bonds is 1. The zero-order valence-corrected chi connectivity index (χ0v) is 6.47. The van der Waals surface area contributed by atoms with Crippen molar-refractivity contribution in [3.05, 3.63) is 0 Å². The molecule has 2 rings (SSSR count). The van der Waals surface area contributed by atoms with E-state index >= 15 is 0 Å². The largest absolute Gasteiger partial charge is 0.481 e. The van der Waals surface area contributed by atoms with E-state index in [0.717, 1.165) is 32.4 Å². The first-order valence-electron chi connectivity index (χ1n) is 4.18. The van der Waals surface area contributed by atoms with Crippen molar-refractivity contribution in [2.24, 2.45) is 11.3 Å². The standard InChI is InChI=1S/C8H13NO2/c10-7(11)6-5-8(6)1-3-9-4-2-8/h6,9H,1-5H2,(H,10,11)/t6-/m0/s1. The Morgan fingerprint density at radius 3 is 2.55 bits per heavy atom. The van der Waals surface area contributed by atoms with Crippen molar-refractivity contribution in [1.82, 2.24) is 5.32 Å². The minimum absolute atomic E-state index is 0.0235. The van der Waals surface area contributed by atoms with Crippen LogP contribution in [0.4, 0.5) is 0 Å². The van der Waals surface area contributed by atoms with Crippen LogP contribution < -0.4 is 5.32 Å². The van der Waals surface area contributed by atoms with Gasteiger partial charge < -0.3 is 10.4 Å². The maximum Gasteiger partial charge on any atom is 0.307 e. The maximum absolute atomic E-state index is 10.6. The van der Waals surface area contributed by atoms with Crippen molar-refractivity contribution in [3.63, 3.8) is 0 Å². The van der Waals surface area contributed by atoms with Gasteiger partial charge in [-0.25, -0.2) is 0 Å². The molecule has 0 bridgehead atoms. The summed E-state index contributed by atoms with van der Waals surface area (Å²) >= 11 is 0. The highest BCUT2D eigenvalue weighted by atomic mass is 16.4. The van der Waals surface area contributed by atoms with E-state index in [1.165, 1.54) is 0 Å². The Hall–Kier alpha value is -0.570. The minimum Gasteiger partial charge on any atom is -0.481 e. The first-order chi connectivity index (χ1) is 5.25. The van der Waals surface area contributed by atoms with Crippen molar-refractivity contribution < 1.29 is 9.90 Å². The molecule has 1 aliphatic carbocycles. The molecular weight excluding hydrogens is 142 g/mol. The van der Waals surface area contributed by atoms with E-state index in [9.17, 15) is 4.79 Å². The van der Waals surface area contributed by atoms with E-state index in [2.05, 4.69) is 5.32 Å². The summed E-state index contributed by atoms with van der Waals surface area (Å²) in [5.41, 5.74) is 0.205. The lowest BCUT2D eigenvalue weighted by molar-refractivity contribution is -0.139. The van der Waals surface area contributed by atoms with Gasteiger partial charge in [0.05, 0.1) is 5.92 Å². The van der Waals surface area contributed by atoms with Crippen molar-refractivity contribution in [1.29, 1.82) is 0 Å². The monoisotopic (exact) mass is 155 g/mol. The minimum atomic E-state index is -0.591. The van der Waals surface area contributed by atoms with E-state index in [4.69, 9.17) is 5.11 Å². The molecule has 0 aromatic heterocycles. The lowest BCUT2D eigenvalue weighted by Crippen LogP contribution is -2.30. The molecule has 3 nitrogen and oxygen atoms in total. The average molecular weight is 155 g/mol. The van der Waals surface area contributed by atoms with Crippen LogP contribution in [0.25, 0.3) is 0 Å².